The van der Waals surface area contributed by atoms with Crippen molar-refractivity contribution in [2.45, 2.75) is 19.5 Å². The molecule has 0 saturated carbocycles. The van der Waals surface area contributed by atoms with Crippen LogP contribution < -0.4 is 4.74 Å². The number of benzene rings is 2. The highest BCUT2D eigenvalue weighted by atomic mass is 35.5. The van der Waals surface area contributed by atoms with Crippen molar-refractivity contribution in [1.29, 1.82) is 0 Å². The van der Waals surface area contributed by atoms with E-state index >= 15 is 0 Å². The summed E-state index contributed by atoms with van der Waals surface area (Å²) in [5.41, 5.74) is 2.54. The third kappa shape index (κ3) is 4.19. The number of pyridine rings is 1. The number of likely N-dealkylation sites (tertiary alicyclic amines) is 1. The summed E-state index contributed by atoms with van der Waals surface area (Å²) in [6.45, 7) is 2.04. The summed E-state index contributed by atoms with van der Waals surface area (Å²) >= 11 is 12.5. The predicted molar refractivity (Wildman–Crippen MR) is 126 cm³/mol. The largest absolute Gasteiger partial charge is 0.507 e. The molecule has 33 heavy (non-hydrogen) atoms. The number of ether oxygens (including phenoxy) is 1. The van der Waals surface area contributed by atoms with Gasteiger partial charge in [0, 0.05) is 24.5 Å². The van der Waals surface area contributed by atoms with Crippen molar-refractivity contribution in [3.63, 3.8) is 0 Å². The molecule has 168 valence electrons. The Morgan fingerprint density at radius 3 is 2.42 bits per heavy atom. The maximum Gasteiger partial charge on any atom is 0.295 e. The number of ketones is 1. The Morgan fingerprint density at radius 2 is 1.82 bits per heavy atom. The second-order valence-corrected chi connectivity index (χ2v) is 8.43. The fraction of sp³-hybridized carbons (Fsp3) is 0.160. The van der Waals surface area contributed by atoms with Crippen LogP contribution in [0.1, 0.15) is 28.3 Å². The van der Waals surface area contributed by atoms with E-state index in [0.717, 1.165) is 16.7 Å². The maximum atomic E-state index is 13.2. The molecule has 1 atom stereocenters. The molecule has 1 aliphatic heterocycles. The minimum Gasteiger partial charge on any atom is -0.507 e. The Kier molecular flexibility index (Phi) is 6.40. The molecule has 1 aromatic heterocycles. The molecule has 4 rings (SSSR count). The lowest BCUT2D eigenvalue weighted by molar-refractivity contribution is -0.140. The molecule has 2 heterocycles. The topological polar surface area (TPSA) is 79.7 Å². The average molecular weight is 483 g/mol. The van der Waals surface area contributed by atoms with Crippen LogP contribution >= 0.6 is 23.2 Å². The number of aliphatic hydroxyl groups excluding tert-OH is 1. The number of hydrogen-bond acceptors (Lipinski definition) is 5. The van der Waals surface area contributed by atoms with Gasteiger partial charge < -0.3 is 14.7 Å². The first-order chi connectivity index (χ1) is 15.8. The number of halogens is 2. The van der Waals surface area contributed by atoms with Crippen LogP contribution in [0, 0.1) is 6.92 Å². The molecule has 1 fully saturated rings. The number of Topliss-reactive ketones (excluding diaryl/α,β-unsaturated/α-hetero) is 1. The summed E-state index contributed by atoms with van der Waals surface area (Å²) in [5, 5.41) is 11.6. The summed E-state index contributed by atoms with van der Waals surface area (Å²) in [6, 6.07) is 13.1. The normalized spacial score (nSPS) is 17.5. The highest BCUT2D eigenvalue weighted by molar-refractivity contribution is 6.46. The number of aromatic nitrogens is 1. The van der Waals surface area contributed by atoms with Crippen LogP contribution in [0.25, 0.3) is 5.76 Å². The Labute approximate surface area is 201 Å². The van der Waals surface area contributed by atoms with Gasteiger partial charge in [-0.25, -0.2) is 0 Å². The second kappa shape index (κ2) is 9.25. The van der Waals surface area contributed by atoms with E-state index in [4.69, 9.17) is 27.9 Å². The first-order valence-electron chi connectivity index (χ1n) is 10.1. The third-order valence-electron chi connectivity index (χ3n) is 5.57. The molecular formula is C25H20Cl2N2O4. The molecule has 1 unspecified atom stereocenters. The van der Waals surface area contributed by atoms with E-state index in [2.05, 4.69) is 4.98 Å². The molecule has 6 nitrogen and oxygen atoms in total. The quantitative estimate of drug-likeness (QED) is 0.302. The summed E-state index contributed by atoms with van der Waals surface area (Å²) in [7, 11) is 1.43. The maximum absolute atomic E-state index is 13.2. The minimum absolute atomic E-state index is 0.0320. The van der Waals surface area contributed by atoms with Crippen LogP contribution in [0.5, 0.6) is 5.75 Å². The molecule has 0 aliphatic carbocycles. The van der Waals surface area contributed by atoms with Crippen molar-refractivity contribution in [3.05, 3.63) is 98.8 Å². The lowest BCUT2D eigenvalue weighted by Gasteiger charge is -2.26. The van der Waals surface area contributed by atoms with Crippen molar-refractivity contribution in [2.24, 2.45) is 0 Å². The summed E-state index contributed by atoms with van der Waals surface area (Å²) in [6.07, 6.45) is 3.27. The highest BCUT2D eigenvalue weighted by Crippen LogP contribution is 2.43. The third-order valence-corrected chi connectivity index (χ3v) is 6.14. The zero-order valence-corrected chi connectivity index (χ0v) is 19.4. The number of methoxy groups -OCH3 is 1. The molecule has 0 bridgehead atoms. The van der Waals surface area contributed by atoms with Gasteiger partial charge in [-0.2, -0.15) is 0 Å². The van der Waals surface area contributed by atoms with Crippen molar-refractivity contribution in [2.75, 3.05) is 7.11 Å². The van der Waals surface area contributed by atoms with E-state index in [-0.39, 0.29) is 39.2 Å². The van der Waals surface area contributed by atoms with E-state index in [9.17, 15) is 14.7 Å². The molecule has 1 aliphatic rings. The molecule has 0 spiro atoms. The Morgan fingerprint density at radius 1 is 1.12 bits per heavy atom. The number of carbonyl (C=O) groups is 2. The average Bonchev–Trinajstić information content (AvgIpc) is 3.04. The number of rotatable bonds is 5. The minimum atomic E-state index is -0.800. The van der Waals surface area contributed by atoms with Crippen LogP contribution in [0.2, 0.25) is 10.0 Å². The van der Waals surface area contributed by atoms with Gasteiger partial charge in [0.25, 0.3) is 11.7 Å². The van der Waals surface area contributed by atoms with Gasteiger partial charge in [0.15, 0.2) is 5.75 Å². The van der Waals surface area contributed by atoms with Crippen LogP contribution in [0.15, 0.2) is 66.5 Å². The number of aliphatic hydroxyl groups is 1. The first kappa shape index (κ1) is 22.8. The van der Waals surface area contributed by atoms with Crippen molar-refractivity contribution in [1.82, 2.24) is 9.88 Å². The molecule has 2 aromatic carbocycles. The van der Waals surface area contributed by atoms with Gasteiger partial charge in [0.05, 0.1) is 28.8 Å². The molecule has 1 amide bonds. The Balaban J connectivity index is 1.91. The second-order valence-electron chi connectivity index (χ2n) is 7.62. The van der Waals surface area contributed by atoms with Crippen LogP contribution in [0.4, 0.5) is 0 Å². The lowest BCUT2D eigenvalue weighted by Crippen LogP contribution is -2.29. The predicted octanol–water partition coefficient (Wildman–Crippen LogP) is 5.33. The molecule has 8 heteroatoms. The smallest absolute Gasteiger partial charge is 0.295 e. The molecule has 1 saturated heterocycles. The fourth-order valence-corrected chi connectivity index (χ4v) is 4.64. The SMILES string of the molecule is COc1c(Cl)cc(/C(O)=C2\C(=O)C(=O)N(Cc3cccnc3)C2c2ccccc2C)cc1Cl. The molecular weight excluding hydrogens is 463 g/mol. The van der Waals surface area contributed by atoms with Gasteiger partial charge in [-0.1, -0.05) is 53.5 Å². The Hall–Kier alpha value is -3.35. The van der Waals surface area contributed by atoms with E-state index in [1.54, 1.807) is 18.5 Å². The van der Waals surface area contributed by atoms with Crippen LogP contribution in [-0.2, 0) is 16.1 Å². The standard InChI is InChI=1S/C25H20Cl2N2O4/c1-14-6-3-4-8-17(14)21-20(22(30)16-10-18(26)24(33-2)19(27)11-16)23(31)25(32)29(21)13-15-7-5-9-28-12-15/h3-12,21,30H,13H2,1-2H3/b22-20+. The first-order valence-corrected chi connectivity index (χ1v) is 10.8. The fourth-order valence-electron chi connectivity index (χ4n) is 4.00. The van der Waals surface area contributed by atoms with Crippen molar-refractivity contribution in [3.8, 4) is 5.75 Å². The van der Waals surface area contributed by atoms with Gasteiger partial charge in [-0.05, 0) is 41.8 Å². The number of carbonyl (C=O) groups excluding carboxylic acids is 2. The van der Waals surface area contributed by atoms with E-state index in [1.807, 2.05) is 37.3 Å². The lowest BCUT2D eigenvalue weighted by atomic mass is 9.92. The van der Waals surface area contributed by atoms with Crippen molar-refractivity contribution >= 4 is 40.7 Å². The highest BCUT2D eigenvalue weighted by Gasteiger charge is 2.46. The van der Waals surface area contributed by atoms with Gasteiger partial charge in [-0.3, -0.25) is 14.6 Å². The van der Waals surface area contributed by atoms with Crippen molar-refractivity contribution < 1.29 is 19.4 Å². The van der Waals surface area contributed by atoms with Crippen LogP contribution in [-0.4, -0.2) is 33.8 Å². The summed E-state index contributed by atoms with van der Waals surface area (Å²) in [5.74, 6) is -1.60. The molecule has 0 radical (unpaired) electrons. The van der Waals surface area contributed by atoms with E-state index in [0.29, 0.717) is 0 Å². The zero-order valence-electron chi connectivity index (χ0n) is 17.9. The van der Waals surface area contributed by atoms with E-state index in [1.165, 1.54) is 24.1 Å². The number of aryl methyl sites for hydroxylation is 1. The van der Waals surface area contributed by atoms with E-state index < -0.39 is 17.7 Å². The van der Waals surface area contributed by atoms with Gasteiger partial charge in [-0.15, -0.1) is 0 Å². The number of hydrogen-bond donors (Lipinski definition) is 1. The number of amides is 1. The zero-order chi connectivity index (χ0) is 23.7. The Bertz CT molecular complexity index is 1250. The molecule has 1 N–H and O–H groups in total. The monoisotopic (exact) mass is 482 g/mol. The van der Waals surface area contributed by atoms with Gasteiger partial charge in [0.1, 0.15) is 5.76 Å². The molecule has 3 aromatic rings. The van der Waals surface area contributed by atoms with Crippen LogP contribution in [0.3, 0.4) is 0 Å². The van der Waals surface area contributed by atoms with Gasteiger partial charge >= 0.3 is 0 Å². The summed E-state index contributed by atoms with van der Waals surface area (Å²) < 4.78 is 5.17. The number of nitrogens with zero attached hydrogens (tertiary/aromatic N) is 2. The van der Waals surface area contributed by atoms with Gasteiger partial charge in [0.2, 0.25) is 0 Å². The summed E-state index contributed by atoms with van der Waals surface area (Å²) in [4.78, 5) is 31.9.